The van der Waals surface area contributed by atoms with E-state index >= 15 is 0 Å². The van der Waals surface area contributed by atoms with Crippen molar-refractivity contribution >= 4 is 17.6 Å². The molecule has 3 rings (SSSR count). The summed E-state index contributed by atoms with van der Waals surface area (Å²) in [4.78, 5) is 25.4. The van der Waals surface area contributed by atoms with Crippen LogP contribution in [-0.4, -0.2) is 29.3 Å². The Morgan fingerprint density at radius 3 is 2.31 bits per heavy atom. The summed E-state index contributed by atoms with van der Waals surface area (Å²) >= 11 is 6.19. The number of aliphatic hydroxyl groups is 1. The Morgan fingerprint density at radius 2 is 1.74 bits per heavy atom. The summed E-state index contributed by atoms with van der Waals surface area (Å²) in [5.74, 6) is -3.50. The monoisotopic (exact) mass is 513 g/mol. The number of H-pyrrole nitrogens is 1. The quantitative estimate of drug-likeness (QED) is 0.330. The van der Waals surface area contributed by atoms with Crippen LogP contribution in [0, 0.1) is 12.7 Å². The zero-order chi connectivity index (χ0) is 26.1. The Morgan fingerprint density at radius 1 is 1.11 bits per heavy atom. The first-order valence-corrected chi connectivity index (χ1v) is 10.5. The highest BCUT2D eigenvalue weighted by atomic mass is 35.5. The number of carbonyl (C=O) groups excluding carboxylic acids is 1. The first-order valence-electron chi connectivity index (χ1n) is 10.1. The Kier molecular flexibility index (Phi) is 7.28. The van der Waals surface area contributed by atoms with Crippen LogP contribution in [-0.2, 0) is 10.3 Å². The van der Waals surface area contributed by atoms with Crippen LogP contribution >= 0.6 is 11.6 Å². The van der Waals surface area contributed by atoms with Crippen LogP contribution in [0.2, 0.25) is 5.02 Å². The number of rotatable bonds is 6. The lowest BCUT2D eigenvalue weighted by Gasteiger charge is -2.37. The summed E-state index contributed by atoms with van der Waals surface area (Å²) in [7, 11) is 1.10. The lowest BCUT2D eigenvalue weighted by Crippen LogP contribution is -2.47. The number of aryl methyl sites for hydroxylation is 1. The third-order valence-corrected chi connectivity index (χ3v) is 5.95. The Labute approximate surface area is 202 Å². The van der Waals surface area contributed by atoms with E-state index in [1.54, 1.807) is 0 Å². The number of methoxy groups -OCH3 is 1. The van der Waals surface area contributed by atoms with Crippen LogP contribution in [0.1, 0.15) is 39.9 Å². The topological polar surface area (TPSA) is 88.6 Å². The number of nitrogens with one attached hydrogen (secondary N) is 1. The number of ether oxygens (including phenoxy) is 2. The van der Waals surface area contributed by atoms with Gasteiger partial charge in [0, 0.05) is 34.3 Å². The summed E-state index contributed by atoms with van der Waals surface area (Å²) in [6.45, 7) is 2.44. The van der Waals surface area contributed by atoms with Gasteiger partial charge >= 0.3 is 12.1 Å². The average molecular weight is 514 g/mol. The fourth-order valence-electron chi connectivity index (χ4n) is 3.59. The number of hydrogen-bond donors (Lipinski definition) is 2. The zero-order valence-corrected chi connectivity index (χ0v) is 19.4. The van der Waals surface area contributed by atoms with E-state index in [1.807, 2.05) is 0 Å². The number of halogens is 5. The summed E-state index contributed by atoms with van der Waals surface area (Å²) < 4.78 is 66.9. The fourth-order valence-corrected chi connectivity index (χ4v) is 3.87. The molecular weight excluding hydrogens is 494 g/mol. The van der Waals surface area contributed by atoms with E-state index in [0.717, 1.165) is 38.4 Å². The molecule has 6 nitrogen and oxygen atoms in total. The SMILES string of the molecule is COC(=O)c1ccc(Oc2ccc(Cl)c(C(C)C(O)(c3c[nH]c(=O)c(C)c3)C(F)(F)F)c2)cc1F. The predicted octanol–water partition coefficient (Wildman–Crippen LogP) is 5.61. The van der Waals surface area contributed by atoms with E-state index in [1.165, 1.54) is 31.2 Å². The van der Waals surface area contributed by atoms with Crippen molar-refractivity contribution in [3.05, 3.63) is 92.1 Å². The van der Waals surface area contributed by atoms with Crippen LogP contribution in [0.3, 0.4) is 0 Å². The highest BCUT2D eigenvalue weighted by Crippen LogP contribution is 2.50. The van der Waals surface area contributed by atoms with Crippen LogP contribution in [0.4, 0.5) is 17.6 Å². The molecule has 2 aromatic carbocycles. The van der Waals surface area contributed by atoms with E-state index in [2.05, 4.69) is 9.72 Å². The molecule has 3 aromatic rings. The minimum atomic E-state index is -5.15. The molecule has 1 aromatic heterocycles. The summed E-state index contributed by atoms with van der Waals surface area (Å²) in [5.41, 5.74) is -5.03. The standard InChI is InChI=1S/C24H20ClF4NO5/c1-12-8-14(11-30-21(12)31)23(33,24(27,28)29)13(2)18-9-15(5-7-19(18)25)35-16-4-6-17(20(26)10-16)22(32)34-3/h4-11,13,33H,1-3H3,(H,30,31). The smallest absolute Gasteiger partial charge is 0.422 e. The molecule has 1 heterocycles. The van der Waals surface area contributed by atoms with E-state index in [-0.39, 0.29) is 33.2 Å². The van der Waals surface area contributed by atoms with Crippen LogP contribution in [0.5, 0.6) is 11.5 Å². The molecule has 2 N–H and O–H groups in total. The van der Waals surface area contributed by atoms with Gasteiger partial charge in [-0.3, -0.25) is 4.79 Å². The van der Waals surface area contributed by atoms with Gasteiger partial charge in [0.2, 0.25) is 0 Å². The van der Waals surface area contributed by atoms with Gasteiger partial charge in [0.15, 0.2) is 5.60 Å². The maximum atomic E-state index is 14.2. The van der Waals surface area contributed by atoms with E-state index in [0.29, 0.717) is 0 Å². The van der Waals surface area contributed by atoms with E-state index < -0.39 is 40.6 Å². The average Bonchev–Trinajstić information content (AvgIpc) is 2.80. The van der Waals surface area contributed by atoms with Crippen molar-refractivity contribution in [1.29, 1.82) is 0 Å². The highest BCUT2D eigenvalue weighted by Gasteiger charge is 2.59. The van der Waals surface area contributed by atoms with Gasteiger partial charge in [0.1, 0.15) is 17.3 Å². The Hall–Kier alpha value is -3.37. The molecule has 0 fully saturated rings. The van der Waals surface area contributed by atoms with Gasteiger partial charge in [-0.2, -0.15) is 13.2 Å². The molecule has 0 saturated heterocycles. The molecule has 35 heavy (non-hydrogen) atoms. The van der Waals surface area contributed by atoms with Crippen molar-refractivity contribution < 1.29 is 36.9 Å². The van der Waals surface area contributed by atoms with Gasteiger partial charge in [-0.15, -0.1) is 0 Å². The minimum Gasteiger partial charge on any atom is -0.465 e. The number of aromatic nitrogens is 1. The van der Waals surface area contributed by atoms with Crippen LogP contribution in [0.15, 0.2) is 53.5 Å². The number of esters is 1. The molecular formula is C24H20ClF4NO5. The fraction of sp³-hybridized carbons (Fsp3) is 0.250. The number of carbonyl (C=O) groups is 1. The van der Waals surface area contributed by atoms with Crippen molar-refractivity contribution in [2.45, 2.75) is 31.5 Å². The van der Waals surface area contributed by atoms with Gasteiger partial charge < -0.3 is 19.6 Å². The normalized spacial score (nSPS) is 14.2. The van der Waals surface area contributed by atoms with Gasteiger partial charge in [-0.05, 0) is 48.9 Å². The number of pyridine rings is 1. The third-order valence-electron chi connectivity index (χ3n) is 5.60. The molecule has 11 heteroatoms. The first-order chi connectivity index (χ1) is 16.3. The summed E-state index contributed by atoms with van der Waals surface area (Å²) in [5, 5.41) is 10.9. The molecule has 0 radical (unpaired) electrons. The largest absolute Gasteiger partial charge is 0.465 e. The summed E-state index contributed by atoms with van der Waals surface area (Å²) in [6.07, 6.45) is -4.34. The number of benzene rings is 2. The second-order valence-corrected chi connectivity index (χ2v) is 8.21. The van der Waals surface area contributed by atoms with E-state index in [9.17, 15) is 32.3 Å². The predicted molar refractivity (Wildman–Crippen MR) is 119 cm³/mol. The van der Waals surface area contributed by atoms with Crippen LogP contribution < -0.4 is 10.3 Å². The van der Waals surface area contributed by atoms with E-state index in [4.69, 9.17) is 16.3 Å². The first kappa shape index (κ1) is 26.2. The minimum absolute atomic E-state index is 0.00337. The molecule has 2 atom stereocenters. The number of alkyl halides is 3. The molecule has 0 saturated carbocycles. The van der Waals surface area contributed by atoms with Gasteiger partial charge in [0.25, 0.3) is 5.56 Å². The number of aromatic amines is 1. The molecule has 0 aliphatic heterocycles. The van der Waals surface area contributed by atoms with Crippen molar-refractivity contribution in [2.24, 2.45) is 0 Å². The van der Waals surface area contributed by atoms with Crippen molar-refractivity contribution in [1.82, 2.24) is 4.98 Å². The lowest BCUT2D eigenvalue weighted by molar-refractivity contribution is -0.274. The Balaban J connectivity index is 2.03. The second-order valence-electron chi connectivity index (χ2n) is 7.80. The molecule has 0 aliphatic rings. The molecule has 2 unspecified atom stereocenters. The molecule has 0 amide bonds. The van der Waals surface area contributed by atoms with Gasteiger partial charge in [-0.25, -0.2) is 9.18 Å². The lowest BCUT2D eigenvalue weighted by atomic mass is 9.78. The van der Waals surface area contributed by atoms with Crippen molar-refractivity contribution in [3.63, 3.8) is 0 Å². The molecule has 0 spiro atoms. The summed E-state index contributed by atoms with van der Waals surface area (Å²) in [6, 6.07) is 8.10. The van der Waals surface area contributed by atoms with Crippen LogP contribution in [0.25, 0.3) is 0 Å². The maximum absolute atomic E-state index is 14.2. The zero-order valence-electron chi connectivity index (χ0n) is 18.7. The van der Waals surface area contributed by atoms with Crippen molar-refractivity contribution in [3.8, 4) is 11.5 Å². The van der Waals surface area contributed by atoms with Gasteiger partial charge in [0.05, 0.1) is 12.7 Å². The van der Waals surface area contributed by atoms with Gasteiger partial charge in [-0.1, -0.05) is 18.5 Å². The third kappa shape index (κ3) is 5.03. The number of hydrogen-bond acceptors (Lipinski definition) is 5. The maximum Gasteiger partial charge on any atom is 0.422 e. The molecule has 0 aliphatic carbocycles. The molecule has 0 bridgehead atoms. The molecule has 186 valence electrons. The Bertz CT molecular complexity index is 1320. The highest BCUT2D eigenvalue weighted by molar-refractivity contribution is 6.31. The van der Waals surface area contributed by atoms with Crippen molar-refractivity contribution in [2.75, 3.05) is 7.11 Å². The second kappa shape index (κ2) is 9.71.